The smallest absolute Gasteiger partial charge is 0.263 e. The van der Waals surface area contributed by atoms with Crippen LogP contribution in [0.3, 0.4) is 0 Å². The van der Waals surface area contributed by atoms with Gasteiger partial charge in [0.1, 0.15) is 4.88 Å². The normalized spacial score (nSPS) is 10.9. The van der Waals surface area contributed by atoms with Crippen LogP contribution in [0, 0.1) is 6.92 Å². The Kier molecular flexibility index (Phi) is 6.07. The maximum atomic E-state index is 11.9. The number of aryl methyl sites for hydroxylation is 1. The molecule has 6 heteroatoms. The zero-order chi connectivity index (χ0) is 13.5. The number of rotatable bonds is 7. The molecule has 0 bridgehead atoms. The van der Waals surface area contributed by atoms with Gasteiger partial charge in [0.05, 0.1) is 5.69 Å². The van der Waals surface area contributed by atoms with Crippen molar-refractivity contribution in [2.24, 2.45) is 0 Å². The molecule has 1 amide bonds. The molecular weight excluding hydrogens is 248 g/mol. The van der Waals surface area contributed by atoms with Gasteiger partial charge in [-0.3, -0.25) is 4.79 Å². The molecule has 3 N–H and O–H groups in total. The standard InChI is InChI=1S/C12H22N4OS/c1-4-7-16(5-2)8-6-14-11(17)10-9(3)15-12(13)18-10/h4-8H2,1-3H3,(H2,13,15)(H,14,17). The Labute approximate surface area is 112 Å². The molecule has 0 unspecified atom stereocenters. The van der Waals surface area contributed by atoms with E-state index in [1.165, 1.54) is 11.3 Å². The predicted molar refractivity (Wildman–Crippen MR) is 76.0 cm³/mol. The van der Waals surface area contributed by atoms with E-state index in [9.17, 15) is 4.79 Å². The van der Waals surface area contributed by atoms with E-state index in [4.69, 9.17) is 5.73 Å². The molecule has 0 aliphatic carbocycles. The molecule has 1 aromatic heterocycles. The van der Waals surface area contributed by atoms with Crippen molar-refractivity contribution in [2.75, 3.05) is 31.9 Å². The van der Waals surface area contributed by atoms with Crippen molar-refractivity contribution in [3.05, 3.63) is 10.6 Å². The van der Waals surface area contributed by atoms with Gasteiger partial charge in [-0.2, -0.15) is 0 Å². The third kappa shape index (κ3) is 4.27. The fraction of sp³-hybridized carbons (Fsp3) is 0.667. The van der Waals surface area contributed by atoms with Gasteiger partial charge in [0.25, 0.3) is 5.91 Å². The number of thiazole rings is 1. The molecule has 0 saturated heterocycles. The number of nitrogens with zero attached hydrogens (tertiary/aromatic N) is 2. The van der Waals surface area contributed by atoms with Crippen molar-refractivity contribution in [2.45, 2.75) is 27.2 Å². The van der Waals surface area contributed by atoms with Crippen LogP contribution in [-0.2, 0) is 0 Å². The Morgan fingerprint density at radius 3 is 2.67 bits per heavy atom. The van der Waals surface area contributed by atoms with E-state index in [0.29, 0.717) is 22.2 Å². The lowest BCUT2D eigenvalue weighted by Crippen LogP contribution is -2.35. The molecule has 0 aliphatic heterocycles. The van der Waals surface area contributed by atoms with E-state index < -0.39 is 0 Å². The van der Waals surface area contributed by atoms with Crippen LogP contribution in [0.4, 0.5) is 5.13 Å². The van der Waals surface area contributed by atoms with Crippen LogP contribution < -0.4 is 11.1 Å². The van der Waals surface area contributed by atoms with Gasteiger partial charge in [-0.05, 0) is 26.4 Å². The average molecular weight is 270 g/mol. The Morgan fingerprint density at radius 1 is 1.44 bits per heavy atom. The first kappa shape index (κ1) is 14.9. The Bertz CT molecular complexity index is 391. The third-order valence-electron chi connectivity index (χ3n) is 2.72. The first-order valence-corrected chi connectivity index (χ1v) is 7.13. The second kappa shape index (κ2) is 7.33. The monoisotopic (exact) mass is 270 g/mol. The second-order valence-electron chi connectivity index (χ2n) is 4.16. The highest BCUT2D eigenvalue weighted by molar-refractivity contribution is 7.17. The van der Waals surface area contributed by atoms with Gasteiger partial charge < -0.3 is 16.0 Å². The lowest BCUT2D eigenvalue weighted by molar-refractivity contribution is 0.0952. The molecule has 18 heavy (non-hydrogen) atoms. The van der Waals surface area contributed by atoms with Crippen LogP contribution in [0.2, 0.25) is 0 Å². The highest BCUT2D eigenvalue weighted by Crippen LogP contribution is 2.19. The summed E-state index contributed by atoms with van der Waals surface area (Å²) in [5, 5.41) is 3.35. The van der Waals surface area contributed by atoms with Crippen molar-refractivity contribution in [1.82, 2.24) is 15.2 Å². The Morgan fingerprint density at radius 2 is 2.17 bits per heavy atom. The lowest BCUT2D eigenvalue weighted by atomic mass is 10.3. The molecule has 1 heterocycles. The minimum atomic E-state index is -0.0748. The number of nitrogens with one attached hydrogen (secondary N) is 1. The SMILES string of the molecule is CCCN(CC)CCNC(=O)c1sc(N)nc1C. The van der Waals surface area contributed by atoms with Gasteiger partial charge in [-0.1, -0.05) is 25.2 Å². The van der Waals surface area contributed by atoms with E-state index in [-0.39, 0.29) is 5.91 Å². The Hall–Kier alpha value is -1.14. The summed E-state index contributed by atoms with van der Waals surface area (Å²) in [6, 6.07) is 0. The molecule has 1 aromatic rings. The summed E-state index contributed by atoms with van der Waals surface area (Å²) in [4.78, 5) is 18.9. The summed E-state index contributed by atoms with van der Waals surface area (Å²) in [7, 11) is 0. The first-order chi connectivity index (χ1) is 8.58. The number of amides is 1. The van der Waals surface area contributed by atoms with Crippen LogP contribution in [0.5, 0.6) is 0 Å². The highest BCUT2D eigenvalue weighted by Gasteiger charge is 2.13. The van der Waals surface area contributed by atoms with E-state index in [0.717, 1.165) is 26.1 Å². The summed E-state index contributed by atoms with van der Waals surface area (Å²) in [6.45, 7) is 9.70. The van der Waals surface area contributed by atoms with Gasteiger partial charge in [0.15, 0.2) is 5.13 Å². The number of hydrogen-bond donors (Lipinski definition) is 2. The van der Waals surface area contributed by atoms with Crippen LogP contribution in [-0.4, -0.2) is 42.0 Å². The molecule has 0 radical (unpaired) electrons. The number of anilines is 1. The van der Waals surface area contributed by atoms with E-state index in [1.807, 2.05) is 0 Å². The molecule has 0 aromatic carbocycles. The van der Waals surface area contributed by atoms with Gasteiger partial charge in [-0.15, -0.1) is 0 Å². The molecular formula is C12H22N4OS. The predicted octanol–water partition coefficient (Wildman–Crippen LogP) is 1.50. The van der Waals surface area contributed by atoms with Crippen molar-refractivity contribution in [3.8, 4) is 0 Å². The zero-order valence-corrected chi connectivity index (χ0v) is 12.1. The molecule has 0 atom stereocenters. The number of nitrogens with two attached hydrogens (primary N) is 1. The summed E-state index contributed by atoms with van der Waals surface area (Å²) >= 11 is 1.24. The summed E-state index contributed by atoms with van der Waals surface area (Å²) < 4.78 is 0. The number of carbonyl (C=O) groups excluding carboxylic acids is 1. The van der Waals surface area contributed by atoms with Gasteiger partial charge in [0.2, 0.25) is 0 Å². The number of likely N-dealkylation sites (N-methyl/N-ethyl adjacent to an activating group) is 1. The maximum Gasteiger partial charge on any atom is 0.263 e. The molecule has 5 nitrogen and oxygen atoms in total. The highest BCUT2D eigenvalue weighted by atomic mass is 32.1. The van der Waals surface area contributed by atoms with Crippen LogP contribution in [0.1, 0.15) is 35.6 Å². The van der Waals surface area contributed by atoms with E-state index >= 15 is 0 Å². The van der Waals surface area contributed by atoms with Crippen LogP contribution in [0.15, 0.2) is 0 Å². The largest absolute Gasteiger partial charge is 0.375 e. The van der Waals surface area contributed by atoms with Crippen molar-refractivity contribution in [3.63, 3.8) is 0 Å². The lowest BCUT2D eigenvalue weighted by Gasteiger charge is -2.19. The van der Waals surface area contributed by atoms with Gasteiger partial charge in [-0.25, -0.2) is 4.98 Å². The number of carbonyl (C=O) groups is 1. The topological polar surface area (TPSA) is 71.2 Å². The van der Waals surface area contributed by atoms with Crippen LogP contribution >= 0.6 is 11.3 Å². The van der Waals surface area contributed by atoms with E-state index in [1.54, 1.807) is 6.92 Å². The molecule has 0 spiro atoms. The summed E-state index contributed by atoms with van der Waals surface area (Å²) in [5.41, 5.74) is 6.28. The third-order valence-corrected chi connectivity index (χ3v) is 3.71. The van der Waals surface area contributed by atoms with Gasteiger partial charge in [0, 0.05) is 13.1 Å². The van der Waals surface area contributed by atoms with Crippen LogP contribution in [0.25, 0.3) is 0 Å². The zero-order valence-electron chi connectivity index (χ0n) is 11.3. The molecule has 1 rings (SSSR count). The van der Waals surface area contributed by atoms with Crippen molar-refractivity contribution < 1.29 is 4.79 Å². The fourth-order valence-corrected chi connectivity index (χ4v) is 2.53. The summed E-state index contributed by atoms with van der Waals surface area (Å²) in [5.74, 6) is -0.0748. The van der Waals surface area contributed by atoms with Gasteiger partial charge >= 0.3 is 0 Å². The average Bonchev–Trinajstić information content (AvgIpc) is 2.67. The van der Waals surface area contributed by atoms with Crippen molar-refractivity contribution >= 4 is 22.4 Å². The molecule has 102 valence electrons. The quantitative estimate of drug-likeness (QED) is 0.787. The Balaban J connectivity index is 2.39. The number of aromatic nitrogens is 1. The van der Waals surface area contributed by atoms with E-state index in [2.05, 4.69) is 29.0 Å². The maximum absolute atomic E-state index is 11.9. The molecule has 0 aliphatic rings. The molecule has 0 saturated carbocycles. The molecule has 0 fully saturated rings. The second-order valence-corrected chi connectivity index (χ2v) is 5.19. The minimum absolute atomic E-state index is 0.0748. The van der Waals surface area contributed by atoms with Crippen molar-refractivity contribution in [1.29, 1.82) is 0 Å². The minimum Gasteiger partial charge on any atom is -0.375 e. The number of hydrogen-bond acceptors (Lipinski definition) is 5. The fourth-order valence-electron chi connectivity index (χ4n) is 1.78. The summed E-state index contributed by atoms with van der Waals surface area (Å²) in [6.07, 6.45) is 1.13. The number of nitrogen functional groups attached to an aromatic ring is 1. The first-order valence-electron chi connectivity index (χ1n) is 6.31.